The Morgan fingerprint density at radius 2 is 1.90 bits per heavy atom. The summed E-state index contributed by atoms with van der Waals surface area (Å²) in [5, 5.41) is 10.00. The first-order chi connectivity index (χ1) is 9.36. The molecule has 110 valence electrons. The maximum Gasteiger partial charge on any atom is 0.119 e. The Morgan fingerprint density at radius 1 is 1.35 bits per heavy atom. The van der Waals surface area contributed by atoms with Gasteiger partial charge in [-0.15, -0.1) is 0 Å². The summed E-state index contributed by atoms with van der Waals surface area (Å²) in [5.41, 5.74) is 3.53. The number of rotatable bonds is 3. The summed E-state index contributed by atoms with van der Waals surface area (Å²) in [6.07, 6.45) is 7.07. The standard InChI is InChI=1S/C15H18ClNO.C2H6/c1-6-10(2)15(7-11(3)16)17-12(4)8-14(18)9-13(17)5;1-2/h6-9,18H,3-4H2,1-2,5H3;1-2H3/b10-6-,15-7+;. The number of hydrogen-bond acceptors (Lipinski definition) is 2. The predicted octanol–water partition coefficient (Wildman–Crippen LogP) is 5.79. The van der Waals surface area contributed by atoms with Gasteiger partial charge in [-0.1, -0.05) is 44.7 Å². The van der Waals surface area contributed by atoms with E-state index in [1.807, 2.05) is 45.6 Å². The molecule has 0 aromatic heterocycles. The van der Waals surface area contributed by atoms with Crippen molar-refractivity contribution in [3.05, 3.63) is 70.9 Å². The van der Waals surface area contributed by atoms with E-state index in [1.165, 1.54) is 0 Å². The van der Waals surface area contributed by atoms with Crippen molar-refractivity contribution in [2.75, 3.05) is 0 Å². The van der Waals surface area contributed by atoms with E-state index in [-0.39, 0.29) is 5.76 Å². The van der Waals surface area contributed by atoms with Crippen LogP contribution in [0.3, 0.4) is 0 Å². The van der Waals surface area contributed by atoms with E-state index in [0.717, 1.165) is 17.0 Å². The van der Waals surface area contributed by atoms with E-state index in [2.05, 4.69) is 13.2 Å². The van der Waals surface area contributed by atoms with Gasteiger partial charge in [0.15, 0.2) is 0 Å². The van der Waals surface area contributed by atoms with Crippen LogP contribution in [0.5, 0.6) is 0 Å². The molecule has 3 heteroatoms. The van der Waals surface area contributed by atoms with Gasteiger partial charge in [-0.25, -0.2) is 0 Å². The molecule has 0 saturated carbocycles. The fraction of sp³-hybridized carbons (Fsp3) is 0.294. The zero-order chi connectivity index (χ0) is 15.9. The second kappa shape index (κ2) is 8.49. The number of nitrogens with zero attached hydrogens (tertiary/aromatic N) is 1. The Balaban J connectivity index is 0.00000172. The molecule has 0 aliphatic carbocycles. The van der Waals surface area contributed by atoms with Crippen LogP contribution in [-0.2, 0) is 0 Å². The van der Waals surface area contributed by atoms with Crippen LogP contribution in [-0.4, -0.2) is 10.0 Å². The second-order valence-electron chi connectivity index (χ2n) is 4.13. The van der Waals surface area contributed by atoms with Gasteiger partial charge >= 0.3 is 0 Å². The van der Waals surface area contributed by atoms with E-state index in [4.69, 9.17) is 11.6 Å². The highest BCUT2D eigenvalue weighted by Crippen LogP contribution is 2.30. The van der Waals surface area contributed by atoms with Gasteiger partial charge in [-0.2, -0.15) is 0 Å². The van der Waals surface area contributed by atoms with Gasteiger partial charge < -0.3 is 10.0 Å². The molecule has 2 nitrogen and oxygen atoms in total. The maximum atomic E-state index is 9.55. The quantitative estimate of drug-likeness (QED) is 0.666. The topological polar surface area (TPSA) is 23.5 Å². The molecule has 1 aliphatic rings. The summed E-state index contributed by atoms with van der Waals surface area (Å²) in [6, 6.07) is 0. The number of hydrogen-bond donors (Lipinski definition) is 1. The summed E-state index contributed by atoms with van der Waals surface area (Å²) in [5.74, 6) is 0.205. The molecule has 0 spiro atoms. The molecule has 1 heterocycles. The molecule has 0 unspecified atom stereocenters. The smallest absolute Gasteiger partial charge is 0.119 e. The van der Waals surface area contributed by atoms with Crippen LogP contribution in [0.2, 0.25) is 0 Å². The minimum atomic E-state index is 0.205. The minimum Gasteiger partial charge on any atom is -0.508 e. The predicted molar refractivity (Wildman–Crippen MR) is 89.3 cm³/mol. The fourth-order valence-corrected chi connectivity index (χ4v) is 1.88. The van der Waals surface area contributed by atoms with Crippen LogP contribution >= 0.6 is 11.6 Å². The molecule has 0 amide bonds. The van der Waals surface area contributed by atoms with E-state index in [9.17, 15) is 5.11 Å². The zero-order valence-electron chi connectivity index (χ0n) is 13.0. The Morgan fingerprint density at radius 3 is 2.30 bits per heavy atom. The summed E-state index contributed by atoms with van der Waals surface area (Å²) < 4.78 is 0. The summed E-state index contributed by atoms with van der Waals surface area (Å²) in [6.45, 7) is 17.5. The fourth-order valence-electron chi connectivity index (χ4n) is 1.78. The lowest BCUT2D eigenvalue weighted by Gasteiger charge is -2.31. The van der Waals surface area contributed by atoms with Gasteiger partial charge in [0, 0.05) is 28.2 Å². The van der Waals surface area contributed by atoms with Crippen LogP contribution in [0, 0.1) is 0 Å². The highest BCUT2D eigenvalue weighted by Gasteiger charge is 2.19. The normalized spacial score (nSPS) is 16.1. The average Bonchev–Trinajstić information content (AvgIpc) is 2.37. The van der Waals surface area contributed by atoms with Crippen molar-refractivity contribution in [3.63, 3.8) is 0 Å². The van der Waals surface area contributed by atoms with Crippen molar-refractivity contribution < 1.29 is 5.11 Å². The molecule has 0 fully saturated rings. The van der Waals surface area contributed by atoms with Crippen molar-refractivity contribution in [3.8, 4) is 0 Å². The molecule has 0 saturated heterocycles. The molecule has 0 aromatic carbocycles. The lowest BCUT2D eigenvalue weighted by atomic mass is 10.1. The Kier molecular flexibility index (Phi) is 7.78. The Hall–Kier alpha value is -1.67. The number of aliphatic hydroxyl groups is 1. The minimum absolute atomic E-state index is 0.205. The first-order valence-corrected chi connectivity index (χ1v) is 7.02. The number of allylic oxidation sites excluding steroid dienone is 7. The third-order valence-corrected chi connectivity index (χ3v) is 2.79. The molecule has 0 aromatic rings. The number of halogens is 1. The molecular formula is C17H24ClNO. The lowest BCUT2D eigenvalue weighted by molar-refractivity contribution is 0.414. The van der Waals surface area contributed by atoms with Gasteiger partial charge in [0.2, 0.25) is 0 Å². The van der Waals surface area contributed by atoms with Crippen molar-refractivity contribution in [1.29, 1.82) is 0 Å². The van der Waals surface area contributed by atoms with Gasteiger partial charge in [0.25, 0.3) is 0 Å². The Bertz CT molecular complexity index is 507. The summed E-state index contributed by atoms with van der Waals surface area (Å²) in [7, 11) is 0. The van der Waals surface area contributed by atoms with Gasteiger partial charge in [0.1, 0.15) is 5.76 Å². The third kappa shape index (κ3) is 4.78. The maximum absolute atomic E-state index is 9.55. The average molecular weight is 294 g/mol. The molecule has 0 bridgehead atoms. The second-order valence-corrected chi connectivity index (χ2v) is 4.62. The van der Waals surface area contributed by atoms with Crippen LogP contribution in [0.1, 0.15) is 34.6 Å². The first kappa shape index (κ1) is 18.3. The summed E-state index contributed by atoms with van der Waals surface area (Å²) >= 11 is 5.88. The molecular weight excluding hydrogens is 270 g/mol. The first-order valence-electron chi connectivity index (χ1n) is 6.64. The van der Waals surface area contributed by atoms with Gasteiger partial charge in [0.05, 0.1) is 0 Å². The lowest BCUT2D eigenvalue weighted by Crippen LogP contribution is -2.22. The Labute approximate surface area is 127 Å². The van der Waals surface area contributed by atoms with Crippen molar-refractivity contribution in [1.82, 2.24) is 4.90 Å². The van der Waals surface area contributed by atoms with Crippen molar-refractivity contribution in [2.45, 2.75) is 34.6 Å². The van der Waals surface area contributed by atoms with E-state index < -0.39 is 0 Å². The van der Waals surface area contributed by atoms with Crippen molar-refractivity contribution >= 4 is 11.6 Å². The largest absolute Gasteiger partial charge is 0.508 e. The van der Waals surface area contributed by atoms with Crippen molar-refractivity contribution in [2.24, 2.45) is 0 Å². The van der Waals surface area contributed by atoms with E-state index >= 15 is 0 Å². The molecule has 1 N–H and O–H groups in total. The molecule has 1 aliphatic heterocycles. The highest BCUT2D eigenvalue weighted by molar-refractivity contribution is 6.30. The zero-order valence-corrected chi connectivity index (χ0v) is 13.8. The van der Waals surface area contributed by atoms with Crippen LogP contribution in [0.25, 0.3) is 0 Å². The highest BCUT2D eigenvalue weighted by atomic mass is 35.5. The monoisotopic (exact) mass is 293 g/mol. The van der Waals surface area contributed by atoms with Crippen LogP contribution in [0.4, 0.5) is 0 Å². The molecule has 0 atom stereocenters. The SMILES string of the molecule is C=C(Cl)/C=C(\C(C)=C/C)N1C(=C)C=C(O)C=C1C.CC. The van der Waals surface area contributed by atoms with Gasteiger partial charge in [-0.05, 0) is 38.5 Å². The molecule has 1 rings (SSSR count). The third-order valence-electron chi connectivity index (χ3n) is 2.68. The van der Waals surface area contributed by atoms with Crippen LogP contribution in [0.15, 0.2) is 70.9 Å². The van der Waals surface area contributed by atoms with E-state index in [0.29, 0.717) is 10.7 Å². The number of aliphatic hydroxyl groups excluding tert-OH is 1. The van der Waals surface area contributed by atoms with E-state index in [1.54, 1.807) is 18.2 Å². The van der Waals surface area contributed by atoms with Gasteiger partial charge in [-0.3, -0.25) is 0 Å². The summed E-state index contributed by atoms with van der Waals surface area (Å²) in [4.78, 5) is 1.93. The van der Waals surface area contributed by atoms with Crippen LogP contribution < -0.4 is 0 Å². The molecule has 0 radical (unpaired) electrons. The molecule has 20 heavy (non-hydrogen) atoms.